The Morgan fingerprint density at radius 1 is 0.500 bits per heavy atom. The summed E-state index contributed by atoms with van der Waals surface area (Å²) < 4.78 is 11.7. The summed E-state index contributed by atoms with van der Waals surface area (Å²) in [4.78, 5) is 30.1. The molecule has 0 unspecified atom stereocenters. The molecule has 0 bridgehead atoms. The van der Waals surface area contributed by atoms with Crippen LogP contribution in [0.3, 0.4) is 0 Å². The molecule has 270 valence electrons. The van der Waals surface area contributed by atoms with Gasteiger partial charge < -0.3 is 19.3 Å². The standard InChI is InChI=1S/C42H68N2O4/c1-5-9-13-27-43(25-11-7-3)29-17-23-41(45)35-47-33-37-19-15-21-39(31-37)40-22-16-20-38(32-40)34-48-36-42(46)24-18-30-44(26-12-8-4)28-14-10-6-2/h15-16,19-22,31-32H,5-14,17-18,23-30,33-36H2,1-4H3. The van der Waals surface area contributed by atoms with E-state index in [-0.39, 0.29) is 24.8 Å². The first-order chi connectivity index (χ1) is 23.5. The zero-order valence-corrected chi connectivity index (χ0v) is 31.1. The summed E-state index contributed by atoms with van der Waals surface area (Å²) in [6.07, 6.45) is 15.3. The molecular formula is C42H68N2O4. The molecule has 0 heterocycles. The topological polar surface area (TPSA) is 59.1 Å². The average Bonchev–Trinajstić information content (AvgIpc) is 3.09. The van der Waals surface area contributed by atoms with E-state index in [4.69, 9.17) is 9.47 Å². The Hall–Kier alpha value is -2.38. The second kappa shape index (κ2) is 27.4. The molecule has 6 nitrogen and oxygen atoms in total. The van der Waals surface area contributed by atoms with Crippen LogP contribution in [0.15, 0.2) is 48.5 Å². The number of nitrogens with zero attached hydrogens (tertiary/aromatic N) is 2. The van der Waals surface area contributed by atoms with Crippen LogP contribution in [0.4, 0.5) is 0 Å². The SMILES string of the molecule is CCCCCN(CCCC)CCCC(=O)COCc1cccc(-c2cccc(COCC(=O)CCCN(CCCC)CCCCC)c2)c1. The van der Waals surface area contributed by atoms with E-state index < -0.39 is 0 Å². The van der Waals surface area contributed by atoms with Gasteiger partial charge in [-0.3, -0.25) is 9.59 Å². The van der Waals surface area contributed by atoms with Gasteiger partial charge in [0, 0.05) is 12.8 Å². The molecule has 2 aromatic carbocycles. The fraction of sp³-hybridized carbons (Fsp3) is 0.667. The van der Waals surface area contributed by atoms with Gasteiger partial charge >= 0.3 is 0 Å². The number of benzene rings is 2. The van der Waals surface area contributed by atoms with E-state index in [9.17, 15) is 9.59 Å². The van der Waals surface area contributed by atoms with Crippen LogP contribution in [0.5, 0.6) is 0 Å². The second-order valence-corrected chi connectivity index (χ2v) is 13.5. The van der Waals surface area contributed by atoms with Gasteiger partial charge in [-0.25, -0.2) is 0 Å². The monoisotopic (exact) mass is 665 g/mol. The summed E-state index contributed by atoms with van der Waals surface area (Å²) in [5.74, 6) is 0.357. The highest BCUT2D eigenvalue weighted by Gasteiger charge is 2.10. The van der Waals surface area contributed by atoms with Crippen molar-refractivity contribution in [2.75, 3.05) is 52.5 Å². The van der Waals surface area contributed by atoms with E-state index >= 15 is 0 Å². The van der Waals surface area contributed by atoms with Gasteiger partial charge in [-0.05, 0) is 112 Å². The highest BCUT2D eigenvalue weighted by Crippen LogP contribution is 2.22. The van der Waals surface area contributed by atoms with Crippen LogP contribution in [0.25, 0.3) is 11.1 Å². The Bertz CT molecular complexity index is 1030. The molecule has 2 aromatic rings. The van der Waals surface area contributed by atoms with Gasteiger partial charge in [0.2, 0.25) is 0 Å². The van der Waals surface area contributed by atoms with E-state index in [1.807, 2.05) is 24.3 Å². The normalized spacial score (nSPS) is 11.5. The van der Waals surface area contributed by atoms with Crippen LogP contribution < -0.4 is 0 Å². The van der Waals surface area contributed by atoms with E-state index in [0.29, 0.717) is 26.1 Å². The van der Waals surface area contributed by atoms with Gasteiger partial charge in [0.05, 0.1) is 13.2 Å². The first-order valence-corrected chi connectivity index (χ1v) is 19.3. The van der Waals surface area contributed by atoms with Crippen LogP contribution in [-0.4, -0.2) is 73.8 Å². The minimum atomic E-state index is 0.163. The van der Waals surface area contributed by atoms with Crippen LogP contribution >= 0.6 is 0 Å². The van der Waals surface area contributed by atoms with Crippen molar-refractivity contribution in [1.82, 2.24) is 9.80 Å². The van der Waals surface area contributed by atoms with E-state index in [0.717, 1.165) is 74.4 Å². The third-order valence-electron chi connectivity index (χ3n) is 8.92. The number of hydrogen-bond acceptors (Lipinski definition) is 6. The number of ketones is 2. The maximum Gasteiger partial charge on any atom is 0.158 e. The van der Waals surface area contributed by atoms with Gasteiger partial charge in [-0.1, -0.05) is 103 Å². The van der Waals surface area contributed by atoms with Crippen LogP contribution in [0.1, 0.15) is 129 Å². The summed E-state index contributed by atoms with van der Waals surface area (Å²) in [6.45, 7) is 16.7. The predicted octanol–water partition coefficient (Wildman–Crippen LogP) is 9.67. The molecule has 0 aliphatic heterocycles. The number of rotatable bonds is 31. The molecule has 0 N–H and O–H groups in total. The molecule has 0 atom stereocenters. The molecule has 0 amide bonds. The predicted molar refractivity (Wildman–Crippen MR) is 201 cm³/mol. The van der Waals surface area contributed by atoms with Crippen molar-refractivity contribution in [2.45, 2.75) is 131 Å². The van der Waals surface area contributed by atoms with Crippen molar-refractivity contribution >= 4 is 11.6 Å². The molecule has 0 fully saturated rings. The lowest BCUT2D eigenvalue weighted by molar-refractivity contribution is -0.124. The van der Waals surface area contributed by atoms with Gasteiger partial charge in [-0.2, -0.15) is 0 Å². The molecule has 0 aliphatic rings. The number of unbranched alkanes of at least 4 members (excludes halogenated alkanes) is 6. The number of hydrogen-bond donors (Lipinski definition) is 0. The second-order valence-electron chi connectivity index (χ2n) is 13.5. The first kappa shape index (κ1) is 41.8. The summed E-state index contributed by atoms with van der Waals surface area (Å²) in [5.41, 5.74) is 4.30. The van der Waals surface area contributed by atoms with Crippen LogP contribution in [0, 0.1) is 0 Å². The van der Waals surface area contributed by atoms with Crippen molar-refractivity contribution in [3.63, 3.8) is 0 Å². The van der Waals surface area contributed by atoms with Crippen molar-refractivity contribution in [3.8, 4) is 11.1 Å². The maximum atomic E-state index is 12.5. The minimum Gasteiger partial charge on any atom is -0.369 e. The fourth-order valence-corrected chi connectivity index (χ4v) is 6.00. The average molecular weight is 665 g/mol. The molecule has 2 rings (SSSR count). The Labute approximate surface area is 294 Å². The minimum absolute atomic E-state index is 0.163. The van der Waals surface area contributed by atoms with Gasteiger partial charge in [-0.15, -0.1) is 0 Å². The molecule has 48 heavy (non-hydrogen) atoms. The number of carbonyl (C=O) groups is 2. The molecule has 0 aliphatic carbocycles. The molecule has 0 aromatic heterocycles. The Kier molecular flexibility index (Phi) is 23.9. The van der Waals surface area contributed by atoms with Gasteiger partial charge in [0.1, 0.15) is 13.2 Å². The summed E-state index contributed by atoms with van der Waals surface area (Å²) in [5, 5.41) is 0. The van der Waals surface area contributed by atoms with E-state index in [1.165, 1.54) is 64.2 Å². The lowest BCUT2D eigenvalue weighted by atomic mass is 10.0. The Balaban J connectivity index is 1.73. The molecule has 0 radical (unpaired) electrons. The number of ether oxygens (including phenoxy) is 2. The zero-order chi connectivity index (χ0) is 34.7. The first-order valence-electron chi connectivity index (χ1n) is 19.3. The van der Waals surface area contributed by atoms with Crippen LogP contribution in [-0.2, 0) is 32.3 Å². The lowest BCUT2D eigenvalue weighted by Crippen LogP contribution is -2.28. The zero-order valence-electron chi connectivity index (χ0n) is 31.1. The molecule has 6 heteroatoms. The summed E-state index contributed by atoms with van der Waals surface area (Å²) >= 11 is 0. The van der Waals surface area contributed by atoms with Crippen molar-refractivity contribution in [3.05, 3.63) is 59.7 Å². The summed E-state index contributed by atoms with van der Waals surface area (Å²) in [7, 11) is 0. The Morgan fingerprint density at radius 3 is 1.27 bits per heavy atom. The van der Waals surface area contributed by atoms with Gasteiger partial charge in [0.25, 0.3) is 0 Å². The molecular weight excluding hydrogens is 596 g/mol. The van der Waals surface area contributed by atoms with Gasteiger partial charge in [0.15, 0.2) is 11.6 Å². The third-order valence-corrected chi connectivity index (χ3v) is 8.92. The third kappa shape index (κ3) is 19.6. The number of carbonyl (C=O) groups excluding carboxylic acids is 2. The maximum absolute atomic E-state index is 12.5. The van der Waals surface area contributed by atoms with E-state index in [1.54, 1.807) is 0 Å². The Morgan fingerprint density at radius 2 is 0.875 bits per heavy atom. The molecule has 0 saturated heterocycles. The largest absolute Gasteiger partial charge is 0.369 e. The van der Waals surface area contributed by atoms with E-state index in [2.05, 4.69) is 61.8 Å². The fourth-order valence-electron chi connectivity index (χ4n) is 6.00. The summed E-state index contributed by atoms with van der Waals surface area (Å²) in [6, 6.07) is 16.6. The number of Topliss-reactive ketones (excluding diaryl/α,β-unsaturated/α-hetero) is 2. The van der Waals surface area contributed by atoms with Crippen molar-refractivity contribution in [2.24, 2.45) is 0 Å². The van der Waals surface area contributed by atoms with Crippen LogP contribution in [0.2, 0.25) is 0 Å². The highest BCUT2D eigenvalue weighted by atomic mass is 16.5. The molecule has 0 spiro atoms. The highest BCUT2D eigenvalue weighted by molar-refractivity contribution is 5.80. The smallest absolute Gasteiger partial charge is 0.158 e. The molecule has 0 saturated carbocycles. The van der Waals surface area contributed by atoms with Crippen molar-refractivity contribution < 1.29 is 19.1 Å². The van der Waals surface area contributed by atoms with Crippen molar-refractivity contribution in [1.29, 1.82) is 0 Å². The quantitative estimate of drug-likeness (QED) is 0.0748. The lowest BCUT2D eigenvalue weighted by Gasteiger charge is -2.21.